The molecule has 2 fully saturated rings. The van der Waals surface area contributed by atoms with Crippen LogP contribution in [0.5, 0.6) is 0 Å². The summed E-state index contributed by atoms with van der Waals surface area (Å²) in [6, 6.07) is 7.78. The van der Waals surface area contributed by atoms with Crippen molar-refractivity contribution in [2.45, 2.75) is 72.4 Å². The fourth-order valence-electron chi connectivity index (χ4n) is 6.45. The molecule has 1 aromatic carbocycles. The summed E-state index contributed by atoms with van der Waals surface area (Å²) in [5.74, 6) is 2.00. The van der Waals surface area contributed by atoms with Crippen LogP contribution in [0.15, 0.2) is 58.7 Å². The number of rotatable bonds is 7. The third-order valence-electron chi connectivity index (χ3n) is 8.66. The number of nitrogens with one attached hydrogen (secondary N) is 1. The predicted octanol–water partition coefficient (Wildman–Crippen LogP) is 6.45. The maximum atomic E-state index is 13.1. The van der Waals surface area contributed by atoms with E-state index in [2.05, 4.69) is 37.8 Å². The van der Waals surface area contributed by atoms with Gasteiger partial charge in [0.05, 0.1) is 12.6 Å². The molecule has 6 heteroatoms. The monoisotopic (exact) mass is 494 g/mol. The largest absolute Gasteiger partial charge is 0.393 e. The topological polar surface area (TPSA) is 75.4 Å². The third kappa shape index (κ3) is 5.64. The highest BCUT2D eigenvalue weighted by molar-refractivity contribution is 5.88. The highest BCUT2D eigenvalue weighted by atomic mass is 19.1. The summed E-state index contributed by atoms with van der Waals surface area (Å²) in [6.45, 7) is 13.4. The van der Waals surface area contributed by atoms with Crippen molar-refractivity contribution in [3.8, 4) is 11.3 Å². The molecule has 4 rings (SSSR count). The van der Waals surface area contributed by atoms with Crippen molar-refractivity contribution in [1.82, 2.24) is 10.5 Å². The third-order valence-corrected chi connectivity index (χ3v) is 8.66. The summed E-state index contributed by atoms with van der Waals surface area (Å²) in [6.07, 6.45) is 6.22. The lowest BCUT2D eigenvalue weighted by molar-refractivity contribution is -0.116. The van der Waals surface area contributed by atoms with Crippen LogP contribution in [0, 0.1) is 34.9 Å². The summed E-state index contributed by atoms with van der Waals surface area (Å²) >= 11 is 0. The van der Waals surface area contributed by atoms with Gasteiger partial charge >= 0.3 is 0 Å². The molecule has 2 saturated carbocycles. The van der Waals surface area contributed by atoms with Gasteiger partial charge in [-0.05, 0) is 92.4 Å². The van der Waals surface area contributed by atoms with Crippen LogP contribution in [0.25, 0.3) is 11.3 Å². The molecule has 0 saturated heterocycles. The van der Waals surface area contributed by atoms with Gasteiger partial charge < -0.3 is 14.9 Å². The van der Waals surface area contributed by atoms with E-state index in [1.165, 1.54) is 17.7 Å². The molecule has 2 aliphatic rings. The molecule has 2 aliphatic carbocycles. The molecule has 0 radical (unpaired) electrons. The molecule has 36 heavy (non-hydrogen) atoms. The van der Waals surface area contributed by atoms with E-state index in [4.69, 9.17) is 4.52 Å². The zero-order valence-corrected chi connectivity index (χ0v) is 21.9. The van der Waals surface area contributed by atoms with Gasteiger partial charge in [0.1, 0.15) is 11.5 Å². The number of fused-ring (bicyclic) bond motifs is 1. The molecular formula is C30H39FN2O3. The highest BCUT2D eigenvalue weighted by Gasteiger charge is 2.51. The summed E-state index contributed by atoms with van der Waals surface area (Å²) in [5, 5.41) is 17.6. The Morgan fingerprint density at radius 2 is 2.06 bits per heavy atom. The average Bonchev–Trinajstić information content (AvgIpc) is 3.30. The molecule has 194 valence electrons. The Hall–Kier alpha value is -2.73. The molecule has 1 aromatic heterocycles. The summed E-state index contributed by atoms with van der Waals surface area (Å²) in [4.78, 5) is 12.5. The first-order chi connectivity index (χ1) is 17.1. The van der Waals surface area contributed by atoms with Gasteiger partial charge in [-0.15, -0.1) is 0 Å². The first-order valence-corrected chi connectivity index (χ1v) is 13.1. The zero-order valence-electron chi connectivity index (χ0n) is 21.9. The highest BCUT2D eigenvalue weighted by Crippen LogP contribution is 2.56. The molecule has 5 unspecified atom stereocenters. The Kier molecular flexibility index (Phi) is 7.84. The quantitative estimate of drug-likeness (QED) is 0.343. The molecular weight excluding hydrogens is 455 g/mol. The van der Waals surface area contributed by atoms with E-state index in [0.29, 0.717) is 35.1 Å². The van der Waals surface area contributed by atoms with E-state index in [1.807, 2.05) is 6.92 Å². The van der Waals surface area contributed by atoms with Gasteiger partial charge in [-0.25, -0.2) is 4.39 Å². The van der Waals surface area contributed by atoms with Crippen molar-refractivity contribution in [2.75, 3.05) is 0 Å². The minimum atomic E-state index is -0.305. The predicted molar refractivity (Wildman–Crippen MR) is 139 cm³/mol. The summed E-state index contributed by atoms with van der Waals surface area (Å²) < 4.78 is 18.4. The number of benzene rings is 1. The Bertz CT molecular complexity index is 1120. The van der Waals surface area contributed by atoms with Gasteiger partial charge in [-0.2, -0.15) is 0 Å². The molecule has 2 aromatic rings. The number of carbonyl (C=O) groups excluding carboxylic acids is 1. The van der Waals surface area contributed by atoms with Crippen LogP contribution in [-0.2, 0) is 11.3 Å². The molecule has 5 atom stereocenters. The van der Waals surface area contributed by atoms with Crippen LogP contribution in [0.4, 0.5) is 4.39 Å². The lowest BCUT2D eigenvalue weighted by Gasteiger charge is -2.55. The van der Waals surface area contributed by atoms with Gasteiger partial charge in [0.2, 0.25) is 5.91 Å². The smallest absolute Gasteiger partial charge is 0.244 e. The van der Waals surface area contributed by atoms with Gasteiger partial charge in [0.25, 0.3) is 0 Å². The number of amides is 1. The number of aliphatic hydroxyl groups is 1. The lowest BCUT2D eigenvalue weighted by atomic mass is 9.50. The number of carbonyl (C=O) groups is 1. The molecule has 1 heterocycles. The minimum absolute atomic E-state index is 0.0713. The first kappa shape index (κ1) is 26.3. The molecule has 2 N–H and O–H groups in total. The van der Waals surface area contributed by atoms with Crippen molar-refractivity contribution in [1.29, 1.82) is 0 Å². The Morgan fingerprint density at radius 3 is 2.78 bits per heavy atom. The fourth-order valence-corrected chi connectivity index (χ4v) is 6.45. The second-order valence-corrected chi connectivity index (χ2v) is 11.5. The van der Waals surface area contributed by atoms with Crippen LogP contribution in [0.3, 0.4) is 0 Å². The SMILES string of the molecule is C=C1CCC2C(C(C)CC(O)C2(C)C)C1CC/C(C)=C/C(=O)NCc1cc(-c2ccc(F)cc2)no1. The van der Waals surface area contributed by atoms with Crippen LogP contribution < -0.4 is 5.32 Å². The number of hydrogen-bond acceptors (Lipinski definition) is 4. The van der Waals surface area contributed by atoms with Gasteiger partial charge in [0, 0.05) is 17.7 Å². The zero-order chi connectivity index (χ0) is 26.0. The number of hydrogen-bond donors (Lipinski definition) is 2. The fraction of sp³-hybridized carbons (Fsp3) is 0.533. The van der Waals surface area contributed by atoms with E-state index in [9.17, 15) is 14.3 Å². The van der Waals surface area contributed by atoms with Crippen LogP contribution in [-0.4, -0.2) is 22.3 Å². The maximum absolute atomic E-state index is 13.1. The van der Waals surface area contributed by atoms with Crippen LogP contribution in [0.2, 0.25) is 0 Å². The van der Waals surface area contributed by atoms with Crippen molar-refractivity contribution < 1.29 is 18.8 Å². The number of allylic oxidation sites excluding steroid dienone is 2. The summed E-state index contributed by atoms with van der Waals surface area (Å²) in [5.41, 5.74) is 3.65. The van der Waals surface area contributed by atoms with E-state index in [0.717, 1.165) is 43.2 Å². The second-order valence-electron chi connectivity index (χ2n) is 11.5. The van der Waals surface area contributed by atoms with Crippen molar-refractivity contribution in [3.05, 3.63) is 65.7 Å². The molecule has 0 bridgehead atoms. The maximum Gasteiger partial charge on any atom is 0.244 e. The first-order valence-electron chi connectivity index (χ1n) is 13.1. The Balaban J connectivity index is 1.32. The molecule has 5 nitrogen and oxygen atoms in total. The minimum Gasteiger partial charge on any atom is -0.393 e. The normalized spacial score (nSPS) is 28.0. The average molecular weight is 495 g/mol. The Labute approximate surface area is 213 Å². The van der Waals surface area contributed by atoms with E-state index >= 15 is 0 Å². The number of aromatic nitrogens is 1. The van der Waals surface area contributed by atoms with Gasteiger partial charge in [-0.1, -0.05) is 43.7 Å². The lowest BCUT2D eigenvalue weighted by Crippen LogP contribution is -2.52. The number of aliphatic hydroxyl groups excluding tert-OH is 1. The van der Waals surface area contributed by atoms with Crippen LogP contribution in [0.1, 0.15) is 65.6 Å². The second kappa shape index (κ2) is 10.7. The van der Waals surface area contributed by atoms with Crippen molar-refractivity contribution in [3.63, 3.8) is 0 Å². The van der Waals surface area contributed by atoms with E-state index in [1.54, 1.807) is 24.3 Å². The molecule has 1 amide bonds. The molecule has 0 aliphatic heterocycles. The summed E-state index contributed by atoms with van der Waals surface area (Å²) in [7, 11) is 0. The standard InChI is InChI=1S/C30H39FN2O3/c1-18(6-12-24-19(2)7-13-25-29(24)20(3)15-27(34)30(25,4)5)14-28(35)32-17-23-16-26(33-36-23)21-8-10-22(31)11-9-21/h8-11,14,16,20,24-25,27,29,34H,2,6-7,12-13,15,17H2,1,3-5H3,(H,32,35)/b18-14+. The van der Waals surface area contributed by atoms with E-state index < -0.39 is 0 Å². The van der Waals surface area contributed by atoms with Gasteiger partial charge in [0.15, 0.2) is 5.76 Å². The molecule has 0 spiro atoms. The van der Waals surface area contributed by atoms with E-state index in [-0.39, 0.29) is 29.8 Å². The van der Waals surface area contributed by atoms with Crippen LogP contribution >= 0.6 is 0 Å². The Morgan fingerprint density at radius 1 is 1.33 bits per heavy atom. The number of halogens is 1. The number of nitrogens with zero attached hydrogens (tertiary/aromatic N) is 1. The van der Waals surface area contributed by atoms with Gasteiger partial charge in [-0.3, -0.25) is 4.79 Å². The van der Waals surface area contributed by atoms with Crippen molar-refractivity contribution >= 4 is 5.91 Å². The van der Waals surface area contributed by atoms with Crippen molar-refractivity contribution in [2.24, 2.45) is 29.1 Å².